The number of carbonyl (C=O) groups excluding carboxylic acids is 1. The lowest BCUT2D eigenvalue weighted by atomic mass is 10.1. The number of anilines is 1. The van der Waals surface area contributed by atoms with E-state index in [0.29, 0.717) is 25.3 Å². The quantitative estimate of drug-likeness (QED) is 0.394. The molecule has 4 aromatic rings. The molecule has 1 amide bonds. The minimum atomic E-state index is -0.742. The standard InChI is InChI=1S/C29H31N3O4/c1-19-11-20(2)13-25(12-19)36-18-23(33)17-32-27-10-5-4-9-26(27)30-29(32)21-14-28(34)31(16-21)22-7-6-8-24(15-22)35-3/h4-13,15,21,23,33H,14,16-18H2,1-3H3/t21-,23-/m0/s1. The maximum atomic E-state index is 13.0. The van der Waals surface area contributed by atoms with Gasteiger partial charge in [0.1, 0.15) is 30.0 Å². The monoisotopic (exact) mass is 485 g/mol. The lowest BCUT2D eigenvalue weighted by Gasteiger charge is -2.19. The third kappa shape index (κ3) is 4.93. The highest BCUT2D eigenvalue weighted by atomic mass is 16.5. The van der Waals surface area contributed by atoms with Crippen LogP contribution in [0.2, 0.25) is 0 Å². The summed E-state index contributed by atoms with van der Waals surface area (Å²) in [4.78, 5) is 19.7. The molecule has 1 saturated heterocycles. The Kier molecular flexibility index (Phi) is 6.65. The SMILES string of the molecule is COc1cccc(N2C[C@@H](c3nc4ccccc4n3C[C@H](O)COc3cc(C)cc(C)c3)CC2=O)c1. The van der Waals surface area contributed by atoms with Crippen LogP contribution in [0.15, 0.2) is 66.7 Å². The van der Waals surface area contributed by atoms with Gasteiger partial charge in [0, 0.05) is 30.6 Å². The second-order valence-corrected chi connectivity index (χ2v) is 9.46. The van der Waals surface area contributed by atoms with Crippen molar-refractivity contribution in [3.63, 3.8) is 0 Å². The molecule has 1 aliphatic rings. The Labute approximate surface area is 210 Å². The highest BCUT2D eigenvalue weighted by molar-refractivity contribution is 5.96. The Morgan fingerprint density at radius 1 is 1.03 bits per heavy atom. The summed E-state index contributed by atoms with van der Waals surface area (Å²) >= 11 is 0. The van der Waals surface area contributed by atoms with Crippen LogP contribution in [0.25, 0.3) is 11.0 Å². The van der Waals surface area contributed by atoms with E-state index < -0.39 is 6.10 Å². The van der Waals surface area contributed by atoms with Crippen molar-refractivity contribution in [3.05, 3.63) is 83.7 Å². The molecule has 2 atom stereocenters. The average Bonchev–Trinajstić information content (AvgIpc) is 3.43. The van der Waals surface area contributed by atoms with Gasteiger partial charge >= 0.3 is 0 Å². The second-order valence-electron chi connectivity index (χ2n) is 9.46. The molecule has 7 nitrogen and oxygen atoms in total. The van der Waals surface area contributed by atoms with Gasteiger partial charge in [-0.25, -0.2) is 4.98 Å². The molecule has 1 fully saturated rings. The number of carbonyl (C=O) groups is 1. The van der Waals surface area contributed by atoms with E-state index >= 15 is 0 Å². The Morgan fingerprint density at radius 3 is 2.58 bits per heavy atom. The third-order valence-corrected chi connectivity index (χ3v) is 6.57. The van der Waals surface area contributed by atoms with E-state index in [1.165, 1.54) is 0 Å². The third-order valence-electron chi connectivity index (χ3n) is 6.57. The first-order valence-corrected chi connectivity index (χ1v) is 12.2. The zero-order chi connectivity index (χ0) is 25.2. The number of nitrogens with zero attached hydrogens (tertiary/aromatic N) is 3. The number of aliphatic hydroxyl groups is 1. The fourth-order valence-corrected chi connectivity index (χ4v) is 4.98. The Bertz CT molecular complexity index is 1380. The number of hydrogen-bond donors (Lipinski definition) is 1. The Morgan fingerprint density at radius 2 is 1.81 bits per heavy atom. The fourth-order valence-electron chi connectivity index (χ4n) is 4.98. The van der Waals surface area contributed by atoms with Gasteiger partial charge in [-0.05, 0) is 61.4 Å². The molecule has 1 aliphatic heterocycles. The molecule has 0 spiro atoms. The number of imidazole rings is 1. The number of rotatable bonds is 8. The van der Waals surface area contributed by atoms with Gasteiger partial charge in [-0.15, -0.1) is 0 Å². The Balaban J connectivity index is 1.38. The van der Waals surface area contributed by atoms with Gasteiger partial charge in [-0.2, -0.15) is 0 Å². The Hall–Kier alpha value is -3.84. The van der Waals surface area contributed by atoms with Crippen LogP contribution in [0.4, 0.5) is 5.69 Å². The molecular formula is C29H31N3O4. The van der Waals surface area contributed by atoms with Gasteiger partial charge in [0.25, 0.3) is 0 Å². The van der Waals surface area contributed by atoms with Crippen molar-refractivity contribution in [3.8, 4) is 11.5 Å². The summed E-state index contributed by atoms with van der Waals surface area (Å²) < 4.78 is 13.3. The number of ether oxygens (including phenoxy) is 2. The zero-order valence-electron chi connectivity index (χ0n) is 20.8. The van der Waals surface area contributed by atoms with E-state index in [4.69, 9.17) is 14.5 Å². The van der Waals surface area contributed by atoms with Gasteiger partial charge in [-0.3, -0.25) is 4.79 Å². The molecule has 1 aromatic heterocycles. The van der Waals surface area contributed by atoms with Crippen LogP contribution in [0.3, 0.4) is 0 Å². The number of benzene rings is 3. The van der Waals surface area contributed by atoms with Gasteiger partial charge in [0.15, 0.2) is 0 Å². The second kappa shape index (κ2) is 10.0. The minimum Gasteiger partial charge on any atom is -0.497 e. The van der Waals surface area contributed by atoms with Crippen LogP contribution < -0.4 is 14.4 Å². The van der Waals surface area contributed by atoms with Gasteiger partial charge in [0.2, 0.25) is 5.91 Å². The number of aromatic nitrogens is 2. The maximum absolute atomic E-state index is 13.0. The number of aryl methyl sites for hydroxylation is 2. The van der Waals surface area contributed by atoms with Crippen molar-refractivity contribution < 1.29 is 19.4 Å². The largest absolute Gasteiger partial charge is 0.497 e. The van der Waals surface area contributed by atoms with Crippen LogP contribution >= 0.6 is 0 Å². The highest BCUT2D eigenvalue weighted by Crippen LogP contribution is 2.34. The van der Waals surface area contributed by atoms with Crippen molar-refractivity contribution in [2.45, 2.75) is 38.8 Å². The molecule has 3 aromatic carbocycles. The van der Waals surface area contributed by atoms with E-state index in [0.717, 1.165) is 39.4 Å². The minimum absolute atomic E-state index is 0.0468. The summed E-state index contributed by atoms with van der Waals surface area (Å²) in [6, 6.07) is 21.4. The number of para-hydroxylation sites is 2. The number of aliphatic hydroxyl groups excluding tert-OH is 1. The molecule has 1 N–H and O–H groups in total. The molecule has 0 bridgehead atoms. The normalized spacial score (nSPS) is 16.5. The van der Waals surface area contributed by atoms with E-state index in [9.17, 15) is 9.90 Å². The summed E-state index contributed by atoms with van der Waals surface area (Å²) in [5.74, 6) is 2.22. The molecule has 36 heavy (non-hydrogen) atoms. The van der Waals surface area contributed by atoms with Crippen LogP contribution in [0.1, 0.15) is 29.3 Å². The molecule has 2 heterocycles. The molecule has 5 rings (SSSR count). The number of fused-ring (bicyclic) bond motifs is 1. The van der Waals surface area contributed by atoms with E-state index in [2.05, 4.69) is 6.07 Å². The van der Waals surface area contributed by atoms with Gasteiger partial charge in [0.05, 0.1) is 24.7 Å². The van der Waals surface area contributed by atoms with Crippen LogP contribution in [-0.4, -0.2) is 46.9 Å². The number of amides is 1. The molecule has 7 heteroatoms. The topological polar surface area (TPSA) is 76.8 Å². The summed E-state index contributed by atoms with van der Waals surface area (Å²) in [6.07, 6.45) is -0.385. The van der Waals surface area contributed by atoms with Crippen molar-refractivity contribution in [1.29, 1.82) is 0 Å². The summed E-state index contributed by atoms with van der Waals surface area (Å²) in [5.41, 5.74) is 4.83. The maximum Gasteiger partial charge on any atom is 0.227 e. The molecule has 0 aliphatic carbocycles. The number of methoxy groups -OCH3 is 1. The van der Waals surface area contributed by atoms with Crippen molar-refractivity contribution in [2.24, 2.45) is 0 Å². The van der Waals surface area contributed by atoms with E-state index in [1.807, 2.05) is 79.1 Å². The first-order chi connectivity index (χ1) is 17.4. The fraction of sp³-hybridized carbons (Fsp3) is 0.310. The predicted octanol–water partition coefficient (Wildman–Crippen LogP) is 4.62. The van der Waals surface area contributed by atoms with Gasteiger partial charge in [-0.1, -0.05) is 24.3 Å². The molecule has 186 valence electrons. The summed E-state index contributed by atoms with van der Waals surface area (Å²) in [5, 5.41) is 10.9. The van der Waals surface area contributed by atoms with Crippen molar-refractivity contribution in [1.82, 2.24) is 9.55 Å². The zero-order valence-corrected chi connectivity index (χ0v) is 20.8. The molecule has 0 unspecified atom stereocenters. The summed E-state index contributed by atoms with van der Waals surface area (Å²) in [7, 11) is 1.62. The predicted molar refractivity (Wildman–Crippen MR) is 140 cm³/mol. The smallest absolute Gasteiger partial charge is 0.227 e. The highest BCUT2D eigenvalue weighted by Gasteiger charge is 2.35. The molecular weight excluding hydrogens is 454 g/mol. The number of hydrogen-bond acceptors (Lipinski definition) is 5. The summed E-state index contributed by atoms with van der Waals surface area (Å²) in [6.45, 7) is 5.05. The van der Waals surface area contributed by atoms with Crippen LogP contribution in [0.5, 0.6) is 11.5 Å². The van der Waals surface area contributed by atoms with Crippen molar-refractivity contribution >= 4 is 22.6 Å². The average molecular weight is 486 g/mol. The first kappa shape index (κ1) is 23.9. The van der Waals surface area contributed by atoms with Crippen LogP contribution in [0, 0.1) is 13.8 Å². The first-order valence-electron chi connectivity index (χ1n) is 12.2. The molecule has 0 saturated carbocycles. The van der Waals surface area contributed by atoms with E-state index in [-0.39, 0.29) is 18.4 Å². The van der Waals surface area contributed by atoms with Gasteiger partial charge < -0.3 is 24.0 Å². The molecule has 0 radical (unpaired) electrons. The van der Waals surface area contributed by atoms with Crippen molar-refractivity contribution in [2.75, 3.05) is 25.2 Å². The van der Waals surface area contributed by atoms with Crippen LogP contribution in [-0.2, 0) is 11.3 Å². The van der Waals surface area contributed by atoms with E-state index in [1.54, 1.807) is 12.0 Å². The lowest BCUT2D eigenvalue weighted by Crippen LogP contribution is -2.26. The lowest BCUT2D eigenvalue weighted by molar-refractivity contribution is -0.117.